The third-order valence-corrected chi connectivity index (χ3v) is 3.50. The van der Waals surface area contributed by atoms with Gasteiger partial charge in [0.2, 0.25) is 0 Å². The monoisotopic (exact) mass is 370 g/mol. The molecule has 0 aliphatic rings. The Morgan fingerprint density at radius 1 is 1.17 bits per heavy atom. The molecule has 2 aromatic rings. The second-order valence-corrected chi connectivity index (χ2v) is 5.30. The van der Waals surface area contributed by atoms with E-state index >= 15 is 0 Å². The first-order valence-corrected chi connectivity index (χ1v) is 7.49. The summed E-state index contributed by atoms with van der Waals surface area (Å²) in [6, 6.07) is 11.8. The van der Waals surface area contributed by atoms with E-state index in [2.05, 4.69) is 10.6 Å². The number of halogens is 2. The Balaban J connectivity index is 0.00000288. The lowest BCUT2D eigenvalue weighted by Gasteiger charge is -2.11. The molecule has 0 atom stereocenters. The highest BCUT2D eigenvalue weighted by molar-refractivity contribution is 6.30. The maximum atomic E-state index is 10.6. The molecule has 8 heteroatoms. The molecule has 0 spiro atoms. The standard InChI is InChI=1S/C16H18ClN3O3.ClH/c1-23-16-7-2-13(17)10-12(16)11-18-8-9-19-14-3-5-15(6-4-14)20(21)22;/h2-7,10,18-19H,8-9,11H2,1H3;1H/p-1. The van der Waals surface area contributed by atoms with Gasteiger partial charge >= 0.3 is 0 Å². The van der Waals surface area contributed by atoms with E-state index in [9.17, 15) is 10.1 Å². The molecular formula is C16H18Cl2N3O3-. The number of benzene rings is 2. The number of nitrogens with one attached hydrogen (secondary N) is 2. The van der Waals surface area contributed by atoms with Crippen LogP contribution in [0.25, 0.3) is 0 Å². The van der Waals surface area contributed by atoms with Crippen LogP contribution in [0.1, 0.15) is 5.56 Å². The molecular weight excluding hydrogens is 353 g/mol. The predicted molar refractivity (Wildman–Crippen MR) is 91.3 cm³/mol. The quantitative estimate of drug-likeness (QED) is 0.401. The highest BCUT2D eigenvalue weighted by Crippen LogP contribution is 2.22. The van der Waals surface area contributed by atoms with Crippen LogP contribution >= 0.6 is 11.6 Å². The molecule has 0 amide bonds. The first-order chi connectivity index (χ1) is 11.1. The maximum absolute atomic E-state index is 10.6. The topological polar surface area (TPSA) is 76.4 Å². The van der Waals surface area contributed by atoms with E-state index in [1.807, 2.05) is 12.1 Å². The lowest BCUT2D eigenvalue weighted by molar-refractivity contribution is -0.384. The van der Waals surface area contributed by atoms with Crippen LogP contribution in [0.3, 0.4) is 0 Å². The van der Waals surface area contributed by atoms with Crippen molar-refractivity contribution < 1.29 is 22.1 Å². The molecule has 0 aliphatic carbocycles. The second kappa shape index (κ2) is 9.97. The van der Waals surface area contributed by atoms with Crippen LogP contribution < -0.4 is 27.8 Å². The van der Waals surface area contributed by atoms with E-state index in [1.54, 1.807) is 25.3 Å². The van der Waals surface area contributed by atoms with Crippen LogP contribution in [0.4, 0.5) is 11.4 Å². The summed E-state index contributed by atoms with van der Waals surface area (Å²) >= 11 is 5.99. The summed E-state index contributed by atoms with van der Waals surface area (Å²) < 4.78 is 5.29. The minimum absolute atomic E-state index is 0. The van der Waals surface area contributed by atoms with Crippen molar-refractivity contribution in [2.24, 2.45) is 0 Å². The minimum Gasteiger partial charge on any atom is -1.00 e. The molecule has 0 unspecified atom stereocenters. The third kappa shape index (κ3) is 5.88. The molecule has 130 valence electrons. The number of rotatable bonds is 8. The molecule has 0 aliphatic heterocycles. The zero-order valence-corrected chi connectivity index (χ0v) is 14.6. The van der Waals surface area contributed by atoms with Crippen molar-refractivity contribution >= 4 is 23.0 Å². The van der Waals surface area contributed by atoms with Gasteiger partial charge in [0.1, 0.15) is 5.75 Å². The molecule has 2 aromatic carbocycles. The Hall–Kier alpha value is -2.02. The van der Waals surface area contributed by atoms with Gasteiger partial charge in [0, 0.05) is 48.0 Å². The van der Waals surface area contributed by atoms with E-state index in [0.29, 0.717) is 18.1 Å². The Labute approximate surface area is 151 Å². The minimum atomic E-state index is -0.413. The Morgan fingerprint density at radius 2 is 1.88 bits per heavy atom. The number of methoxy groups -OCH3 is 1. The van der Waals surface area contributed by atoms with Crippen LogP contribution in [-0.4, -0.2) is 25.1 Å². The highest BCUT2D eigenvalue weighted by Gasteiger charge is 2.04. The lowest BCUT2D eigenvalue weighted by atomic mass is 10.2. The fraction of sp³-hybridized carbons (Fsp3) is 0.250. The van der Waals surface area contributed by atoms with Crippen LogP contribution in [0.2, 0.25) is 5.02 Å². The smallest absolute Gasteiger partial charge is 0.269 e. The summed E-state index contributed by atoms with van der Waals surface area (Å²) in [5.41, 5.74) is 1.93. The van der Waals surface area contributed by atoms with Gasteiger partial charge in [-0.05, 0) is 30.3 Å². The van der Waals surface area contributed by atoms with E-state index in [0.717, 1.165) is 23.5 Å². The summed E-state index contributed by atoms with van der Waals surface area (Å²) in [6.45, 7) is 2.07. The van der Waals surface area contributed by atoms with Crippen molar-refractivity contribution in [2.45, 2.75) is 6.54 Å². The molecule has 0 fully saturated rings. The zero-order chi connectivity index (χ0) is 16.7. The van der Waals surface area contributed by atoms with Gasteiger partial charge in [0.05, 0.1) is 12.0 Å². The molecule has 0 radical (unpaired) electrons. The van der Waals surface area contributed by atoms with Gasteiger partial charge in [0.25, 0.3) is 5.69 Å². The number of anilines is 1. The molecule has 2 rings (SSSR count). The van der Waals surface area contributed by atoms with Crippen molar-refractivity contribution in [3.63, 3.8) is 0 Å². The molecule has 0 saturated heterocycles. The second-order valence-electron chi connectivity index (χ2n) is 4.86. The SMILES string of the molecule is COc1ccc(Cl)cc1CNCCNc1ccc([N+](=O)[O-])cc1.[Cl-]. The van der Waals surface area contributed by atoms with E-state index < -0.39 is 4.92 Å². The molecule has 0 heterocycles. The van der Waals surface area contributed by atoms with Crippen LogP contribution in [0.15, 0.2) is 42.5 Å². The number of nitro benzene ring substituents is 1. The summed E-state index contributed by atoms with van der Waals surface area (Å²) in [4.78, 5) is 10.2. The van der Waals surface area contributed by atoms with E-state index in [1.165, 1.54) is 12.1 Å². The van der Waals surface area contributed by atoms with Crippen LogP contribution in [0.5, 0.6) is 5.75 Å². The summed E-state index contributed by atoms with van der Waals surface area (Å²) in [5, 5.41) is 17.7. The molecule has 0 aromatic heterocycles. The van der Waals surface area contributed by atoms with Crippen LogP contribution in [-0.2, 0) is 6.54 Å². The average Bonchev–Trinajstić information content (AvgIpc) is 2.55. The first kappa shape index (κ1) is 20.0. The maximum Gasteiger partial charge on any atom is 0.269 e. The average molecular weight is 371 g/mol. The molecule has 0 bridgehead atoms. The number of non-ortho nitro benzene ring substituents is 1. The van der Waals surface area contributed by atoms with Gasteiger partial charge in [-0.1, -0.05) is 11.6 Å². The van der Waals surface area contributed by atoms with Crippen molar-refractivity contribution in [2.75, 3.05) is 25.5 Å². The zero-order valence-electron chi connectivity index (χ0n) is 13.1. The van der Waals surface area contributed by atoms with Crippen molar-refractivity contribution in [3.05, 3.63) is 63.2 Å². The highest BCUT2D eigenvalue weighted by atomic mass is 35.5. The molecule has 24 heavy (non-hydrogen) atoms. The number of hydrogen-bond acceptors (Lipinski definition) is 5. The summed E-state index contributed by atoms with van der Waals surface area (Å²) in [6.07, 6.45) is 0. The summed E-state index contributed by atoms with van der Waals surface area (Å²) in [7, 11) is 1.63. The van der Waals surface area contributed by atoms with Gasteiger partial charge in [-0.25, -0.2) is 0 Å². The van der Waals surface area contributed by atoms with Gasteiger partial charge in [-0.15, -0.1) is 0 Å². The van der Waals surface area contributed by atoms with Crippen molar-refractivity contribution in [1.29, 1.82) is 0 Å². The number of hydrogen-bond donors (Lipinski definition) is 2. The third-order valence-electron chi connectivity index (χ3n) is 3.27. The van der Waals surface area contributed by atoms with Gasteiger partial charge in [-0.3, -0.25) is 10.1 Å². The largest absolute Gasteiger partial charge is 1.00 e. The Morgan fingerprint density at radius 3 is 2.50 bits per heavy atom. The fourth-order valence-corrected chi connectivity index (χ4v) is 2.30. The fourth-order valence-electron chi connectivity index (χ4n) is 2.10. The number of nitro groups is 1. The van der Waals surface area contributed by atoms with Gasteiger partial charge in [-0.2, -0.15) is 0 Å². The number of ether oxygens (including phenoxy) is 1. The first-order valence-electron chi connectivity index (χ1n) is 7.11. The Kier molecular flexibility index (Phi) is 8.32. The van der Waals surface area contributed by atoms with E-state index in [-0.39, 0.29) is 18.1 Å². The lowest BCUT2D eigenvalue weighted by Crippen LogP contribution is -3.00. The normalized spacial score (nSPS) is 9.92. The molecule has 6 nitrogen and oxygen atoms in total. The Bertz CT molecular complexity index is 666. The predicted octanol–water partition coefficient (Wildman–Crippen LogP) is 0.462. The molecule has 2 N–H and O–H groups in total. The number of nitrogens with zero attached hydrogens (tertiary/aromatic N) is 1. The van der Waals surface area contributed by atoms with E-state index in [4.69, 9.17) is 16.3 Å². The van der Waals surface area contributed by atoms with Crippen molar-refractivity contribution in [3.8, 4) is 5.75 Å². The van der Waals surface area contributed by atoms with Crippen LogP contribution in [0, 0.1) is 10.1 Å². The van der Waals surface area contributed by atoms with Gasteiger partial charge in [0.15, 0.2) is 0 Å². The van der Waals surface area contributed by atoms with Gasteiger partial charge < -0.3 is 27.8 Å². The summed E-state index contributed by atoms with van der Waals surface area (Å²) in [5.74, 6) is 0.797. The molecule has 0 saturated carbocycles. The van der Waals surface area contributed by atoms with Crippen molar-refractivity contribution in [1.82, 2.24) is 5.32 Å².